The van der Waals surface area contributed by atoms with Crippen LogP contribution in [0.15, 0.2) is 0 Å². The highest BCUT2D eigenvalue weighted by atomic mass is 35.5. The molecule has 1 rings (SSSR count). The monoisotopic (exact) mass is 333 g/mol. The van der Waals surface area contributed by atoms with E-state index >= 15 is 0 Å². The highest BCUT2D eigenvalue weighted by Gasteiger charge is 2.34. The van der Waals surface area contributed by atoms with Gasteiger partial charge in [-0.1, -0.05) is 11.6 Å². The smallest absolute Gasteiger partial charge is 0.285 e. The second kappa shape index (κ2) is 5.54. The summed E-state index contributed by atoms with van der Waals surface area (Å²) in [6.45, 7) is 0.892. The Morgan fingerprint density at radius 2 is 1.80 bits per heavy atom. The molecule has 0 heterocycles. The molecule has 0 spiro atoms. The van der Waals surface area contributed by atoms with Gasteiger partial charge in [0.15, 0.2) is 11.6 Å². The first kappa shape index (κ1) is 16.7. The summed E-state index contributed by atoms with van der Waals surface area (Å²) in [5.41, 5.74) is -2.59. The predicted octanol–water partition coefficient (Wildman–Crippen LogP) is 2.48. The summed E-state index contributed by atoms with van der Waals surface area (Å²) in [6.07, 6.45) is -0.994. The van der Waals surface area contributed by atoms with Gasteiger partial charge in [0.05, 0.1) is 15.7 Å². The molecular formula is C9H7ClF3NO5S. The van der Waals surface area contributed by atoms with Crippen LogP contribution >= 0.6 is 11.6 Å². The van der Waals surface area contributed by atoms with E-state index in [9.17, 15) is 31.7 Å². The molecule has 1 N–H and O–H groups in total. The molecule has 0 aliphatic rings. The van der Waals surface area contributed by atoms with Gasteiger partial charge >= 0.3 is 5.69 Å². The first-order valence-electron chi connectivity index (χ1n) is 4.94. The fourth-order valence-electron chi connectivity index (χ4n) is 1.43. The highest BCUT2D eigenvalue weighted by molar-refractivity contribution is 7.86. The van der Waals surface area contributed by atoms with Crippen molar-refractivity contribution in [1.29, 1.82) is 0 Å². The van der Waals surface area contributed by atoms with Crippen molar-refractivity contribution in [2.45, 2.75) is 18.6 Å². The molecular weight excluding hydrogens is 327 g/mol. The van der Waals surface area contributed by atoms with Gasteiger partial charge in [-0.2, -0.15) is 12.8 Å². The Kier molecular flexibility index (Phi) is 4.62. The molecule has 1 atom stereocenters. The molecule has 0 aliphatic carbocycles. The minimum absolute atomic E-state index is 0.892. The molecule has 112 valence electrons. The number of nitro groups is 1. The maximum absolute atomic E-state index is 13.6. The van der Waals surface area contributed by atoms with Gasteiger partial charge in [-0.3, -0.25) is 14.7 Å². The van der Waals surface area contributed by atoms with Crippen LogP contribution in [-0.2, 0) is 16.5 Å². The number of benzene rings is 1. The third-order valence-electron chi connectivity index (χ3n) is 2.52. The number of nitrogens with zero attached hydrogens (tertiary/aromatic N) is 1. The molecule has 0 radical (unpaired) electrons. The van der Waals surface area contributed by atoms with E-state index in [0.29, 0.717) is 0 Å². The summed E-state index contributed by atoms with van der Waals surface area (Å²) in [5, 5.41) is 7.59. The van der Waals surface area contributed by atoms with Gasteiger partial charge in [-0.15, -0.1) is 0 Å². The Balaban J connectivity index is 3.57. The Bertz CT molecular complexity index is 679. The fraction of sp³-hybridized carbons (Fsp3) is 0.333. The fourth-order valence-corrected chi connectivity index (χ4v) is 1.98. The van der Waals surface area contributed by atoms with Crippen LogP contribution in [0.2, 0.25) is 5.02 Å². The van der Waals surface area contributed by atoms with Crippen LogP contribution in [0, 0.1) is 27.6 Å². The van der Waals surface area contributed by atoms with E-state index in [0.717, 1.165) is 6.92 Å². The zero-order valence-electron chi connectivity index (χ0n) is 9.73. The van der Waals surface area contributed by atoms with Crippen molar-refractivity contribution < 1.29 is 31.1 Å². The van der Waals surface area contributed by atoms with Crippen LogP contribution in [0.1, 0.15) is 12.5 Å². The van der Waals surface area contributed by atoms with Crippen LogP contribution in [-0.4, -0.2) is 23.1 Å². The molecule has 0 bridgehead atoms. The van der Waals surface area contributed by atoms with Gasteiger partial charge < -0.3 is 0 Å². The summed E-state index contributed by atoms with van der Waals surface area (Å²) in [6, 6.07) is 0. The molecule has 11 heteroatoms. The normalized spacial score (nSPS) is 13.3. The minimum atomic E-state index is -4.66. The lowest BCUT2D eigenvalue weighted by Gasteiger charge is -2.11. The molecule has 0 aromatic heterocycles. The zero-order valence-corrected chi connectivity index (χ0v) is 11.3. The van der Waals surface area contributed by atoms with Crippen molar-refractivity contribution in [2.24, 2.45) is 0 Å². The molecule has 0 fully saturated rings. The van der Waals surface area contributed by atoms with Crippen molar-refractivity contribution in [1.82, 2.24) is 0 Å². The maximum Gasteiger partial charge on any atom is 0.312 e. The quantitative estimate of drug-likeness (QED) is 0.300. The Hall–Kier alpha value is -1.39. The summed E-state index contributed by atoms with van der Waals surface area (Å²) in [4.78, 5) is 9.34. The summed E-state index contributed by atoms with van der Waals surface area (Å²) in [5.74, 6) is -5.51. The van der Waals surface area contributed by atoms with E-state index in [1.165, 1.54) is 0 Å². The largest absolute Gasteiger partial charge is 0.312 e. The van der Waals surface area contributed by atoms with Crippen molar-refractivity contribution in [3.63, 3.8) is 0 Å². The van der Waals surface area contributed by atoms with Crippen LogP contribution in [0.5, 0.6) is 0 Å². The van der Waals surface area contributed by atoms with Crippen molar-refractivity contribution in [3.8, 4) is 0 Å². The highest BCUT2D eigenvalue weighted by Crippen LogP contribution is 2.35. The third kappa shape index (κ3) is 3.02. The average Bonchev–Trinajstić information content (AvgIpc) is 2.31. The second-order valence-electron chi connectivity index (χ2n) is 3.87. The SMILES string of the molecule is CC(Cc1c(F)c(F)c(Cl)c(F)c1[N+](=O)[O-])S(=O)(=O)O. The van der Waals surface area contributed by atoms with E-state index in [1.54, 1.807) is 0 Å². The van der Waals surface area contributed by atoms with Crippen molar-refractivity contribution >= 4 is 27.4 Å². The standard InChI is InChI=1S/C9H7ClF3NO5S/c1-3(20(17,18)19)2-4-6(11)7(12)5(10)8(13)9(4)14(15)16/h3H,2H2,1H3,(H,17,18,19). The molecule has 0 saturated heterocycles. The van der Waals surface area contributed by atoms with Gasteiger partial charge in [-0.25, -0.2) is 8.78 Å². The van der Waals surface area contributed by atoms with Crippen LogP contribution in [0.25, 0.3) is 0 Å². The summed E-state index contributed by atoms with van der Waals surface area (Å²) >= 11 is 5.07. The molecule has 1 unspecified atom stereocenters. The molecule has 0 amide bonds. The van der Waals surface area contributed by atoms with Crippen LogP contribution in [0.3, 0.4) is 0 Å². The van der Waals surface area contributed by atoms with E-state index < -0.39 is 60.4 Å². The molecule has 6 nitrogen and oxygen atoms in total. The average molecular weight is 334 g/mol. The predicted molar refractivity (Wildman–Crippen MR) is 62.7 cm³/mol. The first-order chi connectivity index (χ1) is 8.98. The Morgan fingerprint density at radius 1 is 1.30 bits per heavy atom. The van der Waals surface area contributed by atoms with Crippen molar-refractivity contribution in [3.05, 3.63) is 38.2 Å². The number of nitro benzene ring substituents is 1. The number of hydrogen-bond acceptors (Lipinski definition) is 4. The summed E-state index contributed by atoms with van der Waals surface area (Å²) in [7, 11) is -4.66. The molecule has 20 heavy (non-hydrogen) atoms. The minimum Gasteiger partial charge on any atom is -0.285 e. The number of halogens is 4. The van der Waals surface area contributed by atoms with E-state index in [-0.39, 0.29) is 0 Å². The lowest BCUT2D eigenvalue weighted by atomic mass is 10.1. The van der Waals surface area contributed by atoms with Crippen molar-refractivity contribution in [2.75, 3.05) is 0 Å². The topological polar surface area (TPSA) is 97.5 Å². The van der Waals surface area contributed by atoms with Gasteiger partial charge in [-0.05, 0) is 6.92 Å². The molecule has 1 aromatic carbocycles. The lowest BCUT2D eigenvalue weighted by molar-refractivity contribution is -0.388. The maximum atomic E-state index is 13.6. The van der Waals surface area contributed by atoms with Gasteiger partial charge in [0.1, 0.15) is 5.02 Å². The first-order valence-corrected chi connectivity index (χ1v) is 6.82. The lowest BCUT2D eigenvalue weighted by Crippen LogP contribution is -2.21. The van der Waals surface area contributed by atoms with E-state index in [1.807, 2.05) is 0 Å². The number of rotatable bonds is 4. The van der Waals surface area contributed by atoms with Gasteiger partial charge in [0.25, 0.3) is 10.1 Å². The Morgan fingerprint density at radius 3 is 2.20 bits per heavy atom. The van der Waals surface area contributed by atoms with Gasteiger partial charge in [0, 0.05) is 6.42 Å². The third-order valence-corrected chi connectivity index (χ3v) is 4.03. The Labute approximate surface area is 116 Å². The molecule has 0 saturated carbocycles. The second-order valence-corrected chi connectivity index (χ2v) is 6.08. The number of hydrogen-bond donors (Lipinski definition) is 1. The van der Waals surface area contributed by atoms with E-state index in [4.69, 9.17) is 16.2 Å². The van der Waals surface area contributed by atoms with Crippen LogP contribution < -0.4 is 0 Å². The summed E-state index contributed by atoms with van der Waals surface area (Å²) < 4.78 is 70.7. The van der Waals surface area contributed by atoms with Gasteiger partial charge in [0.2, 0.25) is 5.82 Å². The molecule has 1 aromatic rings. The molecule has 0 aliphatic heterocycles. The van der Waals surface area contributed by atoms with Crippen LogP contribution in [0.4, 0.5) is 18.9 Å². The van der Waals surface area contributed by atoms with E-state index in [2.05, 4.69) is 0 Å². The zero-order chi connectivity index (χ0) is 15.8.